The van der Waals surface area contributed by atoms with Crippen LogP contribution in [0.3, 0.4) is 0 Å². The number of nitrogens with one attached hydrogen (secondary N) is 4. The van der Waals surface area contributed by atoms with Crippen LogP contribution in [0.25, 0.3) is 11.0 Å². The first kappa shape index (κ1) is 31.6. The summed E-state index contributed by atoms with van der Waals surface area (Å²) < 4.78 is 5.71. The average molecular weight is 595 g/mol. The van der Waals surface area contributed by atoms with Crippen molar-refractivity contribution in [2.75, 3.05) is 6.54 Å². The molecule has 10 nitrogen and oxygen atoms in total. The monoisotopic (exact) mass is 594 g/mol. The number of amides is 1. The number of hydrogen-bond acceptors (Lipinski definition) is 9. The molecule has 4 rings (SSSR count). The Morgan fingerprint density at radius 3 is 2.36 bits per heavy atom. The molecule has 4 atom stereocenters. The molecule has 44 heavy (non-hydrogen) atoms. The van der Waals surface area contributed by atoms with Gasteiger partial charge in [0.15, 0.2) is 5.76 Å². The zero-order valence-electron chi connectivity index (χ0n) is 24.5. The van der Waals surface area contributed by atoms with Gasteiger partial charge in [-0.2, -0.15) is 0 Å². The van der Waals surface area contributed by atoms with Crippen molar-refractivity contribution in [3.05, 3.63) is 95.2 Å². The fourth-order valence-electron chi connectivity index (χ4n) is 5.31. The summed E-state index contributed by atoms with van der Waals surface area (Å²) in [5, 5.41) is 12.8. The van der Waals surface area contributed by atoms with E-state index in [4.69, 9.17) is 4.42 Å². The molecule has 0 spiro atoms. The van der Waals surface area contributed by atoms with E-state index in [0.29, 0.717) is 30.7 Å². The summed E-state index contributed by atoms with van der Waals surface area (Å²) in [6, 6.07) is 15.9. The number of hydrogen-bond donors (Lipinski definition) is 4. The highest BCUT2D eigenvalue weighted by Crippen LogP contribution is 2.24. The Kier molecular flexibility index (Phi) is 10.9. The minimum Gasteiger partial charge on any atom is -0.451 e. The molecule has 10 heteroatoms. The van der Waals surface area contributed by atoms with Crippen LogP contribution < -0.4 is 21.3 Å². The first-order chi connectivity index (χ1) is 21.4. The lowest BCUT2D eigenvalue weighted by molar-refractivity contribution is 0.0906. The summed E-state index contributed by atoms with van der Waals surface area (Å²) in [7, 11) is 0. The van der Waals surface area contributed by atoms with Gasteiger partial charge in [-0.3, -0.25) is 4.79 Å². The highest BCUT2D eigenvalue weighted by Gasteiger charge is 2.30. The molecule has 0 saturated carbocycles. The molecular weight excluding hydrogens is 560 g/mol. The van der Waals surface area contributed by atoms with E-state index >= 15 is 0 Å². The second-order valence-corrected chi connectivity index (χ2v) is 11.0. The molecule has 1 aliphatic heterocycles. The van der Waals surface area contributed by atoms with Crippen molar-refractivity contribution >= 4 is 40.6 Å². The van der Waals surface area contributed by atoms with E-state index in [9.17, 15) is 24.0 Å². The van der Waals surface area contributed by atoms with Gasteiger partial charge in [0.25, 0.3) is 5.91 Å². The third kappa shape index (κ3) is 7.93. The van der Waals surface area contributed by atoms with Crippen LogP contribution in [0.2, 0.25) is 0 Å². The van der Waals surface area contributed by atoms with Gasteiger partial charge in [0.05, 0.1) is 23.8 Å². The minimum atomic E-state index is -0.818. The molecule has 0 aliphatic carbocycles. The lowest BCUT2D eigenvalue weighted by Crippen LogP contribution is -2.49. The Morgan fingerprint density at radius 2 is 1.70 bits per heavy atom. The molecule has 226 valence electrons. The minimum absolute atomic E-state index is 0.0218. The van der Waals surface area contributed by atoms with Crippen molar-refractivity contribution in [3.63, 3.8) is 0 Å². The predicted molar refractivity (Wildman–Crippen MR) is 165 cm³/mol. The van der Waals surface area contributed by atoms with Crippen molar-refractivity contribution in [2.45, 2.75) is 51.2 Å². The van der Waals surface area contributed by atoms with Crippen LogP contribution in [0, 0.1) is 11.8 Å². The number of carbonyl (C=O) groups is 1. The van der Waals surface area contributed by atoms with E-state index in [1.54, 1.807) is 24.1 Å². The van der Waals surface area contributed by atoms with Crippen LogP contribution in [0.15, 0.2) is 88.2 Å². The van der Waals surface area contributed by atoms with E-state index in [0.717, 1.165) is 10.9 Å². The van der Waals surface area contributed by atoms with Gasteiger partial charge in [-0.15, -0.1) is 0 Å². The van der Waals surface area contributed by atoms with E-state index in [-0.39, 0.29) is 35.4 Å². The normalized spacial score (nSPS) is 15.9. The van der Waals surface area contributed by atoms with Crippen molar-refractivity contribution in [1.82, 2.24) is 21.3 Å². The van der Waals surface area contributed by atoms with Gasteiger partial charge < -0.3 is 25.7 Å². The fraction of sp³-hybridized carbons (Fsp3) is 0.324. The van der Waals surface area contributed by atoms with Crippen LogP contribution in [0.1, 0.15) is 42.8 Å². The van der Waals surface area contributed by atoms with E-state index < -0.39 is 24.0 Å². The number of carbonyl (C=O) groups excluding carboxylic acids is 5. The van der Waals surface area contributed by atoms with Crippen LogP contribution in [0.5, 0.6) is 0 Å². The van der Waals surface area contributed by atoms with Crippen LogP contribution in [0.4, 0.5) is 0 Å². The maximum Gasteiger partial charge on any atom is 0.287 e. The number of rotatable bonds is 14. The molecule has 2 aromatic carbocycles. The molecule has 1 aromatic heterocycles. The zero-order valence-corrected chi connectivity index (χ0v) is 24.5. The van der Waals surface area contributed by atoms with Crippen molar-refractivity contribution in [1.29, 1.82) is 0 Å². The van der Waals surface area contributed by atoms with Crippen LogP contribution in [-0.2, 0) is 25.6 Å². The summed E-state index contributed by atoms with van der Waals surface area (Å²) in [6.07, 6.45) is 2.50. The summed E-state index contributed by atoms with van der Waals surface area (Å²) >= 11 is 0. The van der Waals surface area contributed by atoms with Gasteiger partial charge in [-0.25, -0.2) is 19.2 Å². The summed E-state index contributed by atoms with van der Waals surface area (Å²) in [5.41, 5.74) is 1.89. The summed E-state index contributed by atoms with van der Waals surface area (Å²) in [5.74, 6) is 6.68. The Morgan fingerprint density at radius 1 is 0.977 bits per heavy atom. The van der Waals surface area contributed by atoms with Gasteiger partial charge in [0.2, 0.25) is 0 Å². The molecule has 2 heterocycles. The lowest BCUT2D eigenvalue weighted by Gasteiger charge is -2.29. The Bertz CT molecular complexity index is 1640. The smallest absolute Gasteiger partial charge is 0.287 e. The fourth-order valence-corrected chi connectivity index (χ4v) is 5.31. The van der Waals surface area contributed by atoms with Crippen molar-refractivity contribution in [2.24, 2.45) is 11.8 Å². The molecule has 1 fully saturated rings. The number of allylic oxidation sites excluding steroid dienone is 1. The number of para-hydroxylation sites is 1. The lowest BCUT2D eigenvalue weighted by atomic mass is 9.95. The topological polar surface area (TPSA) is 147 Å². The second-order valence-electron chi connectivity index (χ2n) is 11.0. The summed E-state index contributed by atoms with van der Waals surface area (Å²) in [4.78, 5) is 60.8. The van der Waals surface area contributed by atoms with Crippen molar-refractivity contribution < 1.29 is 28.4 Å². The predicted octanol–water partition coefficient (Wildman–Crippen LogP) is 2.88. The zero-order chi connectivity index (χ0) is 31.5. The van der Waals surface area contributed by atoms with E-state index in [1.165, 1.54) is 6.08 Å². The largest absolute Gasteiger partial charge is 0.451 e. The molecule has 0 unspecified atom stereocenters. The second kappa shape index (κ2) is 15.2. The Hall–Kier alpha value is -5.35. The van der Waals surface area contributed by atoms with Crippen LogP contribution in [-0.4, -0.2) is 54.3 Å². The van der Waals surface area contributed by atoms with Gasteiger partial charge in [0.1, 0.15) is 40.7 Å². The third-order valence-corrected chi connectivity index (χ3v) is 7.57. The van der Waals surface area contributed by atoms with Gasteiger partial charge in [-0.05, 0) is 42.9 Å². The molecule has 0 bridgehead atoms. The molecule has 1 amide bonds. The molecule has 1 saturated heterocycles. The van der Waals surface area contributed by atoms with E-state index in [1.807, 2.05) is 74.1 Å². The highest BCUT2D eigenvalue weighted by molar-refractivity contribution is 5.96. The Labute approximate surface area is 255 Å². The Balaban J connectivity index is 1.59. The van der Waals surface area contributed by atoms with Gasteiger partial charge in [-0.1, -0.05) is 62.4 Å². The SMILES string of the molecule is CC(C)[C@H](NC(=O)c1cc2ccccc2o1)C(=C=O)N[C@@H](Cc1ccccc1)C(=C=O)N[C@H](C=C=O)C[C@@H]1CCNC1=C=O. The molecular formula is C34H34N4O6. The number of furan rings is 1. The average Bonchev–Trinajstić information content (AvgIpc) is 3.68. The molecule has 4 N–H and O–H groups in total. The molecule has 3 aromatic rings. The number of benzene rings is 2. The first-order valence-electron chi connectivity index (χ1n) is 14.4. The summed E-state index contributed by atoms with van der Waals surface area (Å²) in [6.45, 7) is 4.27. The highest BCUT2D eigenvalue weighted by atomic mass is 16.3. The third-order valence-electron chi connectivity index (χ3n) is 7.57. The van der Waals surface area contributed by atoms with Crippen molar-refractivity contribution in [3.8, 4) is 0 Å². The maximum absolute atomic E-state index is 13.2. The van der Waals surface area contributed by atoms with Crippen LogP contribution >= 0.6 is 0 Å². The van der Waals surface area contributed by atoms with Gasteiger partial charge in [0, 0.05) is 23.9 Å². The standard InChI is InChI=1S/C34H34N4O6/c1-22(2)33(38-34(43)32-18-25-10-6-7-11-31(25)44-32)30(21-42)37-27(16-23-8-4-3-5-9-23)29(20-41)36-26(13-15-39)17-24-12-14-35-28(24)19-40/h3-11,13,18,22,24,26-27,33,35-37H,12,14,16-17H2,1-2H3,(H,38,43)/t24-,26+,27-,33-/m0/s1. The number of fused-ring (bicyclic) bond motifs is 1. The van der Waals surface area contributed by atoms with Gasteiger partial charge >= 0.3 is 0 Å². The molecule has 0 radical (unpaired) electrons. The maximum atomic E-state index is 13.2. The first-order valence-corrected chi connectivity index (χ1v) is 14.4. The van der Waals surface area contributed by atoms with E-state index in [2.05, 4.69) is 21.3 Å². The molecule has 1 aliphatic rings. The quantitative estimate of drug-likeness (QED) is 0.207.